The van der Waals surface area contributed by atoms with Gasteiger partial charge in [0.15, 0.2) is 12.6 Å². The zero-order valence-electron chi connectivity index (χ0n) is 23.3. The highest BCUT2D eigenvalue weighted by Crippen LogP contribution is 2.08. The number of esters is 2. The lowest BCUT2D eigenvalue weighted by atomic mass is 10.2. The van der Waals surface area contributed by atoms with Crippen LogP contribution >= 0.6 is 15.9 Å². The average molecular weight is 578 g/mol. The maximum Gasteiger partial charge on any atom is 0.332 e. The summed E-state index contributed by atoms with van der Waals surface area (Å²) in [4.78, 5) is 21.9. The lowest BCUT2D eigenvalue weighted by Crippen LogP contribution is -2.29. The van der Waals surface area contributed by atoms with Gasteiger partial charge < -0.3 is 38.3 Å². The minimum absolute atomic E-state index is 0.0678. The molecular formula is C24H49BrO10. The minimum Gasteiger partial charge on any atom is -0.459 e. The van der Waals surface area contributed by atoms with Crippen LogP contribution in [0, 0.1) is 0 Å². The van der Waals surface area contributed by atoms with Crippen molar-refractivity contribution in [1.82, 2.24) is 0 Å². The van der Waals surface area contributed by atoms with Gasteiger partial charge in [0.25, 0.3) is 0 Å². The molecule has 10 nitrogen and oxygen atoms in total. The standard InChI is InChI=1S/C12H24O5.C6H11BrO2.C6H14O3/c1-6-15-11(16-7-2)9-14-8-10(13)17-12(3,4)5;1-6(2,3)9-5(8)4-7;1-3-8-6(5-7)9-4-2/h11H,6-9H2,1-5H3;4H2,1-3H3;6-7H,3-5H2,1-2H3. The maximum absolute atomic E-state index is 11.3. The van der Waals surface area contributed by atoms with Crippen LogP contribution in [-0.4, -0.2) is 92.4 Å². The molecule has 212 valence electrons. The lowest BCUT2D eigenvalue weighted by Gasteiger charge is -2.20. The van der Waals surface area contributed by atoms with Gasteiger partial charge in [0, 0.05) is 26.4 Å². The van der Waals surface area contributed by atoms with Gasteiger partial charge in [0.05, 0.1) is 13.2 Å². The lowest BCUT2D eigenvalue weighted by molar-refractivity contribution is -0.179. The van der Waals surface area contributed by atoms with E-state index < -0.39 is 18.2 Å². The van der Waals surface area contributed by atoms with Crippen LogP contribution in [0.25, 0.3) is 0 Å². The molecular weight excluding hydrogens is 528 g/mol. The van der Waals surface area contributed by atoms with Crippen molar-refractivity contribution in [3.05, 3.63) is 0 Å². The summed E-state index contributed by atoms with van der Waals surface area (Å²) < 4.78 is 35.6. The third-order valence-electron chi connectivity index (χ3n) is 2.98. The molecule has 0 fully saturated rings. The number of carbonyl (C=O) groups is 2. The molecule has 0 aliphatic heterocycles. The molecule has 0 aromatic carbocycles. The predicted octanol–water partition coefficient (Wildman–Crippen LogP) is 3.84. The predicted molar refractivity (Wildman–Crippen MR) is 137 cm³/mol. The molecule has 1 N–H and O–H groups in total. The third-order valence-corrected chi connectivity index (χ3v) is 3.44. The molecule has 35 heavy (non-hydrogen) atoms. The van der Waals surface area contributed by atoms with Crippen molar-refractivity contribution in [2.75, 3.05) is 51.6 Å². The number of aliphatic hydroxyl groups is 1. The number of alkyl halides is 1. The highest BCUT2D eigenvalue weighted by atomic mass is 79.9. The van der Waals surface area contributed by atoms with Gasteiger partial charge in [0.2, 0.25) is 0 Å². The fourth-order valence-electron chi connectivity index (χ4n) is 2.02. The Morgan fingerprint density at radius 2 is 1.09 bits per heavy atom. The third kappa shape index (κ3) is 33.2. The van der Waals surface area contributed by atoms with Gasteiger partial charge in [-0.1, -0.05) is 15.9 Å². The molecule has 0 spiro atoms. The minimum atomic E-state index is -0.486. The van der Waals surface area contributed by atoms with E-state index in [0.717, 1.165) is 0 Å². The van der Waals surface area contributed by atoms with E-state index in [2.05, 4.69) is 15.9 Å². The van der Waals surface area contributed by atoms with E-state index >= 15 is 0 Å². The summed E-state index contributed by atoms with van der Waals surface area (Å²) in [5.74, 6) is -0.605. The first-order valence-electron chi connectivity index (χ1n) is 11.8. The number of halogens is 1. The Balaban J connectivity index is -0.000000481. The summed E-state index contributed by atoms with van der Waals surface area (Å²) in [6.07, 6.45) is -0.854. The monoisotopic (exact) mass is 576 g/mol. The summed E-state index contributed by atoms with van der Waals surface area (Å²) in [5, 5.41) is 8.81. The second-order valence-corrected chi connectivity index (χ2v) is 9.25. The Bertz CT molecular complexity index is 492. The van der Waals surface area contributed by atoms with Crippen molar-refractivity contribution in [3.8, 4) is 0 Å². The molecule has 0 radical (unpaired) electrons. The van der Waals surface area contributed by atoms with Crippen LogP contribution in [-0.2, 0) is 42.7 Å². The highest BCUT2D eigenvalue weighted by molar-refractivity contribution is 9.09. The van der Waals surface area contributed by atoms with Gasteiger partial charge in [-0.15, -0.1) is 0 Å². The van der Waals surface area contributed by atoms with E-state index in [1.54, 1.807) is 0 Å². The van der Waals surface area contributed by atoms with E-state index in [1.807, 2.05) is 69.2 Å². The molecule has 0 aliphatic rings. The fraction of sp³-hybridized carbons (Fsp3) is 0.917. The van der Waals surface area contributed by atoms with Gasteiger partial charge in [-0.25, -0.2) is 4.79 Å². The van der Waals surface area contributed by atoms with Gasteiger partial charge in [-0.2, -0.15) is 0 Å². The Hall–Kier alpha value is -0.820. The van der Waals surface area contributed by atoms with Crippen LogP contribution in [0.3, 0.4) is 0 Å². The van der Waals surface area contributed by atoms with Crippen molar-refractivity contribution in [3.63, 3.8) is 0 Å². The number of aliphatic hydroxyl groups excluding tert-OH is 1. The first-order chi connectivity index (χ1) is 16.2. The molecule has 0 aliphatic carbocycles. The van der Waals surface area contributed by atoms with Gasteiger partial charge in [-0.05, 0) is 69.2 Å². The Labute approximate surface area is 220 Å². The SMILES string of the molecule is CC(C)(C)OC(=O)CBr.CCOC(CO)OCC.CCOC(COCC(=O)OC(C)(C)C)OCC. The summed E-state index contributed by atoms with van der Waals surface area (Å²) in [6, 6.07) is 0. The van der Waals surface area contributed by atoms with Crippen LogP contribution in [0.15, 0.2) is 0 Å². The molecule has 0 saturated carbocycles. The van der Waals surface area contributed by atoms with Crippen molar-refractivity contribution in [1.29, 1.82) is 0 Å². The first-order valence-corrected chi connectivity index (χ1v) is 13.0. The second-order valence-electron chi connectivity index (χ2n) is 8.68. The number of hydrogen-bond acceptors (Lipinski definition) is 10. The summed E-state index contributed by atoms with van der Waals surface area (Å²) in [5.41, 5.74) is -0.843. The van der Waals surface area contributed by atoms with Crippen LogP contribution < -0.4 is 0 Å². The molecule has 0 atom stereocenters. The summed E-state index contributed by atoms with van der Waals surface area (Å²) in [6.45, 7) is 20.7. The smallest absolute Gasteiger partial charge is 0.332 e. The van der Waals surface area contributed by atoms with Crippen LogP contribution in [0.4, 0.5) is 0 Å². The Morgan fingerprint density at radius 3 is 1.37 bits per heavy atom. The topological polar surface area (TPSA) is 119 Å². The Morgan fingerprint density at radius 1 is 0.714 bits per heavy atom. The molecule has 0 amide bonds. The zero-order chi connectivity index (χ0) is 27.9. The van der Waals surface area contributed by atoms with E-state index in [1.165, 1.54) is 0 Å². The summed E-state index contributed by atoms with van der Waals surface area (Å²) in [7, 11) is 0. The fourth-order valence-corrected chi connectivity index (χ4v) is 2.13. The molecule has 0 aromatic rings. The second kappa shape index (κ2) is 23.6. The van der Waals surface area contributed by atoms with E-state index in [0.29, 0.717) is 26.4 Å². The van der Waals surface area contributed by atoms with Crippen LogP contribution in [0.2, 0.25) is 0 Å². The molecule has 0 bridgehead atoms. The normalized spacial score (nSPS) is 11.4. The molecule has 11 heteroatoms. The quantitative estimate of drug-likeness (QED) is 0.185. The van der Waals surface area contributed by atoms with Gasteiger partial charge >= 0.3 is 11.9 Å². The van der Waals surface area contributed by atoms with Crippen LogP contribution in [0.5, 0.6) is 0 Å². The average Bonchev–Trinajstić information content (AvgIpc) is 2.72. The van der Waals surface area contributed by atoms with Crippen molar-refractivity contribution in [2.24, 2.45) is 0 Å². The van der Waals surface area contributed by atoms with Crippen LogP contribution in [0.1, 0.15) is 69.2 Å². The van der Waals surface area contributed by atoms with Crippen molar-refractivity contribution in [2.45, 2.75) is 93.0 Å². The number of ether oxygens (including phenoxy) is 7. The van der Waals surface area contributed by atoms with Crippen molar-refractivity contribution >= 4 is 27.9 Å². The number of rotatable bonds is 14. The molecule has 0 rings (SSSR count). The maximum atomic E-state index is 11.3. The van der Waals surface area contributed by atoms with E-state index in [-0.39, 0.29) is 42.7 Å². The Kier molecular flexibility index (Phi) is 26.1. The van der Waals surface area contributed by atoms with E-state index in [4.69, 9.17) is 38.3 Å². The van der Waals surface area contributed by atoms with Gasteiger partial charge in [0.1, 0.15) is 23.1 Å². The molecule has 0 aromatic heterocycles. The van der Waals surface area contributed by atoms with Crippen molar-refractivity contribution < 1.29 is 47.9 Å². The summed E-state index contributed by atoms with van der Waals surface area (Å²) >= 11 is 2.99. The number of hydrogen-bond donors (Lipinski definition) is 1. The highest BCUT2D eigenvalue weighted by Gasteiger charge is 2.17. The molecule has 0 saturated heterocycles. The molecule has 0 unspecified atom stereocenters. The number of carbonyl (C=O) groups excluding carboxylic acids is 2. The zero-order valence-corrected chi connectivity index (χ0v) is 24.9. The molecule has 0 heterocycles. The van der Waals surface area contributed by atoms with Gasteiger partial charge in [-0.3, -0.25) is 4.79 Å². The largest absolute Gasteiger partial charge is 0.459 e. The van der Waals surface area contributed by atoms with E-state index in [9.17, 15) is 9.59 Å². The first kappa shape index (κ1) is 38.7.